The number of carbonyl (C=O) groups excluding carboxylic acids is 1. The molecule has 0 bridgehead atoms. The molecule has 0 unspecified atom stereocenters. The summed E-state index contributed by atoms with van der Waals surface area (Å²) in [6, 6.07) is 4.85. The maximum atomic E-state index is 11.8. The number of benzene rings is 1. The van der Waals surface area contributed by atoms with Crippen molar-refractivity contribution in [3.63, 3.8) is 0 Å². The summed E-state index contributed by atoms with van der Waals surface area (Å²) in [7, 11) is 0. The first-order chi connectivity index (χ1) is 7.06. The van der Waals surface area contributed by atoms with E-state index in [-0.39, 0.29) is 5.78 Å². The van der Waals surface area contributed by atoms with Crippen LogP contribution in [0.4, 0.5) is 0 Å². The second kappa shape index (κ2) is 5.34. The van der Waals surface area contributed by atoms with Gasteiger partial charge in [0.1, 0.15) is 0 Å². The van der Waals surface area contributed by atoms with E-state index in [1.165, 1.54) is 0 Å². The van der Waals surface area contributed by atoms with Crippen LogP contribution < -0.4 is 0 Å². The van der Waals surface area contributed by atoms with Gasteiger partial charge in [-0.3, -0.25) is 4.79 Å². The molecule has 0 saturated heterocycles. The summed E-state index contributed by atoms with van der Waals surface area (Å²) in [6.45, 7) is 5.75. The SMILES string of the molecule is C=C(CCC)C(=O)c1ccc(Cl)cc1Cl. The van der Waals surface area contributed by atoms with Crippen LogP contribution in [0.5, 0.6) is 0 Å². The molecule has 1 aromatic rings. The Hall–Kier alpha value is -0.790. The molecular weight excluding hydrogens is 231 g/mol. The maximum absolute atomic E-state index is 11.8. The van der Waals surface area contributed by atoms with Crippen LogP contribution in [0.1, 0.15) is 30.1 Å². The number of ketones is 1. The predicted octanol–water partition coefficient (Wildman–Crippen LogP) is 4.53. The lowest BCUT2D eigenvalue weighted by atomic mass is 10.0. The van der Waals surface area contributed by atoms with Crippen LogP contribution in [0.15, 0.2) is 30.4 Å². The molecule has 3 heteroatoms. The molecule has 0 saturated carbocycles. The van der Waals surface area contributed by atoms with Crippen LogP contribution in [0.2, 0.25) is 10.0 Å². The molecule has 0 aliphatic carbocycles. The number of halogens is 2. The molecule has 0 amide bonds. The fraction of sp³-hybridized carbons (Fsp3) is 0.250. The number of hydrogen-bond acceptors (Lipinski definition) is 1. The van der Waals surface area contributed by atoms with E-state index in [0.717, 1.165) is 6.42 Å². The van der Waals surface area contributed by atoms with Crippen molar-refractivity contribution in [1.29, 1.82) is 0 Å². The zero-order chi connectivity index (χ0) is 11.4. The lowest BCUT2D eigenvalue weighted by molar-refractivity contribution is 0.103. The Morgan fingerprint density at radius 3 is 2.60 bits per heavy atom. The quantitative estimate of drug-likeness (QED) is 0.560. The first-order valence-corrected chi connectivity index (χ1v) is 5.49. The monoisotopic (exact) mass is 242 g/mol. The van der Waals surface area contributed by atoms with E-state index in [4.69, 9.17) is 23.2 Å². The van der Waals surface area contributed by atoms with Crippen molar-refractivity contribution in [2.75, 3.05) is 0 Å². The molecule has 0 atom stereocenters. The molecule has 80 valence electrons. The van der Waals surface area contributed by atoms with Crippen molar-refractivity contribution in [1.82, 2.24) is 0 Å². The van der Waals surface area contributed by atoms with Gasteiger partial charge in [0.05, 0.1) is 5.02 Å². The van der Waals surface area contributed by atoms with E-state index in [0.29, 0.717) is 27.6 Å². The highest BCUT2D eigenvalue weighted by Crippen LogP contribution is 2.23. The van der Waals surface area contributed by atoms with Crippen LogP contribution in [-0.4, -0.2) is 5.78 Å². The molecule has 0 aromatic heterocycles. The van der Waals surface area contributed by atoms with Gasteiger partial charge in [-0.25, -0.2) is 0 Å². The zero-order valence-electron chi connectivity index (χ0n) is 8.52. The Bertz CT molecular complexity index is 397. The first kappa shape index (κ1) is 12.3. The van der Waals surface area contributed by atoms with Gasteiger partial charge in [-0.2, -0.15) is 0 Å². The van der Waals surface area contributed by atoms with E-state index >= 15 is 0 Å². The molecule has 15 heavy (non-hydrogen) atoms. The number of rotatable bonds is 4. The summed E-state index contributed by atoms with van der Waals surface area (Å²) in [5.74, 6) is -0.0986. The summed E-state index contributed by atoms with van der Waals surface area (Å²) < 4.78 is 0. The van der Waals surface area contributed by atoms with Gasteiger partial charge in [0, 0.05) is 10.6 Å². The third-order valence-electron chi connectivity index (χ3n) is 2.05. The number of hydrogen-bond donors (Lipinski definition) is 0. The lowest BCUT2D eigenvalue weighted by Crippen LogP contribution is -2.03. The normalized spacial score (nSPS) is 10.1. The van der Waals surface area contributed by atoms with E-state index in [1.54, 1.807) is 18.2 Å². The minimum Gasteiger partial charge on any atom is -0.289 e. The summed E-state index contributed by atoms with van der Waals surface area (Å²) in [4.78, 5) is 11.8. The Morgan fingerprint density at radius 2 is 2.07 bits per heavy atom. The molecular formula is C12H12Cl2O. The molecule has 0 aliphatic rings. The predicted molar refractivity (Wildman–Crippen MR) is 64.8 cm³/mol. The highest BCUT2D eigenvalue weighted by atomic mass is 35.5. The molecule has 0 aliphatic heterocycles. The fourth-order valence-corrected chi connectivity index (χ4v) is 1.77. The van der Waals surface area contributed by atoms with Crippen molar-refractivity contribution in [2.45, 2.75) is 19.8 Å². The van der Waals surface area contributed by atoms with Gasteiger partial charge in [0.2, 0.25) is 0 Å². The van der Waals surface area contributed by atoms with E-state index in [1.807, 2.05) is 6.92 Å². The van der Waals surface area contributed by atoms with E-state index in [2.05, 4.69) is 6.58 Å². The van der Waals surface area contributed by atoms with Crippen LogP contribution in [0, 0.1) is 0 Å². The Balaban J connectivity index is 2.96. The second-order valence-electron chi connectivity index (χ2n) is 3.31. The van der Waals surface area contributed by atoms with Gasteiger partial charge < -0.3 is 0 Å². The highest BCUT2D eigenvalue weighted by molar-refractivity contribution is 6.37. The van der Waals surface area contributed by atoms with Crippen molar-refractivity contribution in [3.05, 3.63) is 46.0 Å². The van der Waals surface area contributed by atoms with Gasteiger partial charge in [0.25, 0.3) is 0 Å². The molecule has 1 nitrogen and oxygen atoms in total. The number of allylic oxidation sites excluding steroid dienone is 1. The van der Waals surface area contributed by atoms with E-state index in [9.17, 15) is 4.79 Å². The molecule has 0 N–H and O–H groups in total. The largest absolute Gasteiger partial charge is 0.289 e. The Morgan fingerprint density at radius 1 is 1.40 bits per heavy atom. The van der Waals surface area contributed by atoms with Crippen LogP contribution in [0.25, 0.3) is 0 Å². The van der Waals surface area contributed by atoms with Crippen molar-refractivity contribution >= 4 is 29.0 Å². The van der Waals surface area contributed by atoms with Gasteiger partial charge in [-0.05, 0) is 30.2 Å². The van der Waals surface area contributed by atoms with Crippen molar-refractivity contribution < 1.29 is 4.79 Å². The molecule has 0 fully saturated rings. The third-order valence-corrected chi connectivity index (χ3v) is 2.60. The zero-order valence-corrected chi connectivity index (χ0v) is 10.0. The average Bonchev–Trinajstić information content (AvgIpc) is 2.17. The standard InChI is InChI=1S/C12H12Cl2O/c1-3-4-8(2)12(15)10-6-5-9(13)7-11(10)14/h5-7H,2-4H2,1H3. The Labute approximate surface area is 99.7 Å². The first-order valence-electron chi connectivity index (χ1n) is 4.73. The lowest BCUT2D eigenvalue weighted by Gasteiger charge is -2.05. The highest BCUT2D eigenvalue weighted by Gasteiger charge is 2.13. The third kappa shape index (κ3) is 3.08. The Kier molecular flexibility index (Phi) is 4.37. The van der Waals surface area contributed by atoms with Crippen molar-refractivity contribution in [3.8, 4) is 0 Å². The molecule has 0 spiro atoms. The van der Waals surface area contributed by atoms with Crippen molar-refractivity contribution in [2.24, 2.45) is 0 Å². The van der Waals surface area contributed by atoms with Crippen LogP contribution in [-0.2, 0) is 0 Å². The summed E-state index contributed by atoms with van der Waals surface area (Å²) in [5, 5.41) is 0.905. The summed E-state index contributed by atoms with van der Waals surface area (Å²) in [5.41, 5.74) is 1.06. The summed E-state index contributed by atoms with van der Waals surface area (Å²) >= 11 is 11.7. The van der Waals surface area contributed by atoms with Gasteiger partial charge in [-0.1, -0.05) is 43.1 Å². The molecule has 0 heterocycles. The average molecular weight is 243 g/mol. The second-order valence-corrected chi connectivity index (χ2v) is 4.15. The smallest absolute Gasteiger partial charge is 0.189 e. The number of Topliss-reactive ketones (excluding diaryl/α,β-unsaturated/α-hetero) is 1. The van der Waals surface area contributed by atoms with Gasteiger partial charge in [0.15, 0.2) is 5.78 Å². The molecule has 1 aromatic carbocycles. The van der Waals surface area contributed by atoms with E-state index < -0.39 is 0 Å². The van der Waals surface area contributed by atoms with Crippen LogP contribution in [0.3, 0.4) is 0 Å². The fourth-order valence-electron chi connectivity index (χ4n) is 1.28. The minimum absolute atomic E-state index is 0.0986. The maximum Gasteiger partial charge on any atom is 0.189 e. The van der Waals surface area contributed by atoms with Gasteiger partial charge >= 0.3 is 0 Å². The van der Waals surface area contributed by atoms with Gasteiger partial charge in [-0.15, -0.1) is 0 Å². The topological polar surface area (TPSA) is 17.1 Å². The van der Waals surface area contributed by atoms with Crippen LogP contribution >= 0.6 is 23.2 Å². The summed E-state index contributed by atoms with van der Waals surface area (Å²) in [6.07, 6.45) is 1.59. The number of carbonyl (C=O) groups is 1. The molecule has 0 radical (unpaired) electrons. The minimum atomic E-state index is -0.0986. The molecule has 1 rings (SSSR count).